The maximum absolute atomic E-state index is 5.83. The maximum atomic E-state index is 5.83. The summed E-state index contributed by atoms with van der Waals surface area (Å²) in [6.45, 7) is 0.545. The van der Waals surface area contributed by atoms with Gasteiger partial charge in [0.2, 0.25) is 0 Å². The highest BCUT2D eigenvalue weighted by molar-refractivity contribution is 7.99. The average Bonchev–Trinajstić information content (AvgIpc) is 3.17. The molecule has 2 aromatic heterocycles. The van der Waals surface area contributed by atoms with Gasteiger partial charge in [0.15, 0.2) is 17.1 Å². The molecule has 0 aliphatic rings. The molecule has 4 rings (SSSR count). The lowest BCUT2D eigenvalue weighted by molar-refractivity contribution is 0.313. The standard InChI is InChI=1S/C20H18N4O2S/c1-25-17-9-5-6-10-18(17)26-11-12-27-20-16-13-23-24(19(16)21-14-22-20)15-7-3-2-4-8-15/h2-10,13-14H,11-12H2,1H3. The maximum Gasteiger partial charge on any atom is 0.167 e. The van der Waals surface area contributed by atoms with E-state index in [1.54, 1.807) is 25.2 Å². The van der Waals surface area contributed by atoms with Gasteiger partial charge in [-0.25, -0.2) is 14.6 Å². The fourth-order valence-electron chi connectivity index (χ4n) is 2.72. The van der Waals surface area contributed by atoms with E-state index in [0.29, 0.717) is 6.61 Å². The van der Waals surface area contributed by atoms with E-state index in [9.17, 15) is 0 Å². The minimum Gasteiger partial charge on any atom is -0.493 e. The van der Waals surface area contributed by atoms with Gasteiger partial charge in [-0.1, -0.05) is 30.3 Å². The number of nitrogens with zero attached hydrogens (tertiary/aromatic N) is 4. The lowest BCUT2D eigenvalue weighted by atomic mass is 10.3. The van der Waals surface area contributed by atoms with E-state index in [-0.39, 0.29) is 0 Å². The van der Waals surface area contributed by atoms with E-state index in [1.807, 2.05) is 65.5 Å². The third-order valence-electron chi connectivity index (χ3n) is 3.98. The average molecular weight is 378 g/mol. The van der Waals surface area contributed by atoms with Gasteiger partial charge < -0.3 is 9.47 Å². The van der Waals surface area contributed by atoms with E-state index >= 15 is 0 Å². The molecule has 0 unspecified atom stereocenters. The second-order valence-corrected chi connectivity index (χ2v) is 6.74. The van der Waals surface area contributed by atoms with Crippen molar-refractivity contribution in [2.24, 2.45) is 0 Å². The molecule has 0 spiro atoms. The number of fused-ring (bicyclic) bond motifs is 1. The fourth-order valence-corrected chi connectivity index (χ4v) is 3.50. The van der Waals surface area contributed by atoms with E-state index in [0.717, 1.165) is 39.0 Å². The predicted octanol–water partition coefficient (Wildman–Crippen LogP) is 4.00. The highest BCUT2D eigenvalue weighted by Crippen LogP contribution is 2.28. The zero-order chi connectivity index (χ0) is 18.5. The summed E-state index contributed by atoms with van der Waals surface area (Å²) >= 11 is 1.62. The van der Waals surface area contributed by atoms with Crippen molar-refractivity contribution in [3.05, 3.63) is 67.1 Å². The van der Waals surface area contributed by atoms with Gasteiger partial charge in [-0.15, -0.1) is 11.8 Å². The van der Waals surface area contributed by atoms with Crippen molar-refractivity contribution in [3.8, 4) is 17.2 Å². The molecule has 4 aromatic rings. The molecule has 2 aromatic carbocycles. The Morgan fingerprint density at radius 2 is 1.74 bits per heavy atom. The van der Waals surface area contributed by atoms with Crippen LogP contribution in [-0.2, 0) is 0 Å². The minimum absolute atomic E-state index is 0.545. The molecule has 0 saturated heterocycles. The third-order valence-corrected chi connectivity index (χ3v) is 4.95. The van der Waals surface area contributed by atoms with Crippen LogP contribution >= 0.6 is 11.8 Å². The fraction of sp³-hybridized carbons (Fsp3) is 0.150. The SMILES string of the molecule is COc1ccccc1OCCSc1ncnc2c1cnn2-c1ccccc1. The van der Waals surface area contributed by atoms with Crippen LogP contribution in [0.2, 0.25) is 0 Å². The Kier molecular flexibility index (Phi) is 5.20. The Bertz CT molecular complexity index is 1040. The first-order chi connectivity index (χ1) is 13.4. The van der Waals surface area contributed by atoms with Crippen molar-refractivity contribution in [2.45, 2.75) is 5.03 Å². The molecule has 7 heteroatoms. The summed E-state index contributed by atoms with van der Waals surface area (Å²) in [6, 6.07) is 17.6. The first-order valence-electron chi connectivity index (χ1n) is 8.49. The molecule has 2 heterocycles. The number of aromatic nitrogens is 4. The number of para-hydroxylation sites is 3. The summed E-state index contributed by atoms with van der Waals surface area (Å²) in [4.78, 5) is 8.82. The molecular weight excluding hydrogens is 360 g/mol. The van der Waals surface area contributed by atoms with Crippen LogP contribution in [0.25, 0.3) is 16.7 Å². The largest absolute Gasteiger partial charge is 0.493 e. The first-order valence-corrected chi connectivity index (χ1v) is 9.48. The molecule has 0 fully saturated rings. The second kappa shape index (κ2) is 8.09. The van der Waals surface area contributed by atoms with Crippen molar-refractivity contribution in [1.29, 1.82) is 0 Å². The van der Waals surface area contributed by atoms with E-state index in [4.69, 9.17) is 9.47 Å². The Labute approximate surface area is 161 Å². The van der Waals surface area contributed by atoms with Crippen LogP contribution in [0.4, 0.5) is 0 Å². The number of ether oxygens (including phenoxy) is 2. The summed E-state index contributed by atoms with van der Waals surface area (Å²) in [7, 11) is 1.64. The molecular formula is C20H18N4O2S. The first kappa shape index (κ1) is 17.4. The van der Waals surface area contributed by atoms with Gasteiger partial charge in [0.05, 0.1) is 31.0 Å². The number of benzene rings is 2. The second-order valence-electron chi connectivity index (χ2n) is 5.66. The van der Waals surface area contributed by atoms with Gasteiger partial charge in [-0.2, -0.15) is 5.10 Å². The van der Waals surface area contributed by atoms with Crippen LogP contribution in [0.5, 0.6) is 11.5 Å². The molecule has 0 aliphatic heterocycles. The minimum atomic E-state index is 0.545. The van der Waals surface area contributed by atoms with Gasteiger partial charge in [0.1, 0.15) is 11.4 Å². The Balaban J connectivity index is 1.46. The van der Waals surface area contributed by atoms with Crippen molar-refractivity contribution >= 4 is 22.8 Å². The van der Waals surface area contributed by atoms with Gasteiger partial charge >= 0.3 is 0 Å². The normalized spacial score (nSPS) is 10.9. The van der Waals surface area contributed by atoms with Crippen LogP contribution in [0.15, 0.2) is 72.1 Å². The van der Waals surface area contributed by atoms with Crippen LogP contribution in [0.1, 0.15) is 0 Å². The molecule has 0 radical (unpaired) electrons. The number of hydrogen-bond donors (Lipinski definition) is 0. The molecule has 27 heavy (non-hydrogen) atoms. The van der Waals surface area contributed by atoms with Crippen molar-refractivity contribution < 1.29 is 9.47 Å². The molecule has 0 bridgehead atoms. The Morgan fingerprint density at radius 1 is 0.963 bits per heavy atom. The van der Waals surface area contributed by atoms with Crippen LogP contribution in [-0.4, -0.2) is 39.2 Å². The monoisotopic (exact) mass is 378 g/mol. The van der Waals surface area contributed by atoms with Gasteiger partial charge in [0.25, 0.3) is 0 Å². The molecule has 136 valence electrons. The highest BCUT2D eigenvalue weighted by atomic mass is 32.2. The lowest BCUT2D eigenvalue weighted by Gasteiger charge is -2.10. The van der Waals surface area contributed by atoms with Gasteiger partial charge in [-0.05, 0) is 24.3 Å². The van der Waals surface area contributed by atoms with Crippen LogP contribution < -0.4 is 9.47 Å². The third kappa shape index (κ3) is 3.73. The molecule has 0 saturated carbocycles. The van der Waals surface area contributed by atoms with E-state index in [2.05, 4.69) is 15.1 Å². The van der Waals surface area contributed by atoms with Crippen LogP contribution in [0.3, 0.4) is 0 Å². The summed E-state index contributed by atoms with van der Waals surface area (Å²) in [6.07, 6.45) is 3.39. The quantitative estimate of drug-likeness (QED) is 0.275. The Morgan fingerprint density at radius 3 is 2.56 bits per heavy atom. The summed E-state index contributed by atoms with van der Waals surface area (Å²) in [5.74, 6) is 2.22. The molecule has 0 amide bonds. The molecule has 0 N–H and O–H groups in total. The predicted molar refractivity (Wildman–Crippen MR) is 106 cm³/mol. The van der Waals surface area contributed by atoms with Gasteiger partial charge in [0, 0.05) is 5.75 Å². The summed E-state index contributed by atoms with van der Waals surface area (Å²) < 4.78 is 13.0. The highest BCUT2D eigenvalue weighted by Gasteiger charge is 2.11. The van der Waals surface area contributed by atoms with Gasteiger partial charge in [-0.3, -0.25) is 0 Å². The number of methoxy groups -OCH3 is 1. The number of hydrogen-bond acceptors (Lipinski definition) is 6. The number of thioether (sulfide) groups is 1. The smallest absolute Gasteiger partial charge is 0.167 e. The molecule has 0 aliphatic carbocycles. The number of rotatable bonds is 7. The summed E-state index contributed by atoms with van der Waals surface area (Å²) in [5.41, 5.74) is 1.77. The zero-order valence-electron chi connectivity index (χ0n) is 14.8. The zero-order valence-corrected chi connectivity index (χ0v) is 15.6. The lowest BCUT2D eigenvalue weighted by Crippen LogP contribution is -2.02. The van der Waals surface area contributed by atoms with Crippen molar-refractivity contribution in [2.75, 3.05) is 19.5 Å². The topological polar surface area (TPSA) is 62.1 Å². The van der Waals surface area contributed by atoms with E-state index < -0.39 is 0 Å². The van der Waals surface area contributed by atoms with Crippen LogP contribution in [0, 0.1) is 0 Å². The molecule has 0 atom stereocenters. The van der Waals surface area contributed by atoms with E-state index in [1.165, 1.54) is 0 Å². The van der Waals surface area contributed by atoms with Crippen molar-refractivity contribution in [1.82, 2.24) is 19.7 Å². The molecule has 6 nitrogen and oxygen atoms in total. The van der Waals surface area contributed by atoms with Crippen molar-refractivity contribution in [3.63, 3.8) is 0 Å². The Hall–Kier alpha value is -3.06. The summed E-state index contributed by atoms with van der Waals surface area (Å²) in [5, 5.41) is 6.31.